The number of para-hydroxylation sites is 1. The molecular weight excluding hydrogens is 354 g/mol. The lowest BCUT2D eigenvalue weighted by Gasteiger charge is -2.22. The first-order valence-electron chi connectivity index (χ1n) is 8.07. The van der Waals surface area contributed by atoms with Crippen molar-refractivity contribution in [2.45, 2.75) is 19.4 Å². The summed E-state index contributed by atoms with van der Waals surface area (Å²) >= 11 is 5.88. The SMILES string of the molecule is Cc1ccccc1NC(=O)CN1C(=O)N[C@](C)(c2ccc(Cl)cc2)C1=O. The molecule has 0 aromatic heterocycles. The lowest BCUT2D eigenvalue weighted by molar-refractivity contribution is -0.133. The highest BCUT2D eigenvalue weighted by Gasteiger charge is 2.49. The fraction of sp³-hybridized carbons (Fsp3) is 0.211. The minimum Gasteiger partial charge on any atom is -0.324 e. The van der Waals surface area contributed by atoms with Crippen molar-refractivity contribution in [3.05, 3.63) is 64.7 Å². The Bertz CT molecular complexity index is 882. The summed E-state index contributed by atoms with van der Waals surface area (Å²) in [6.45, 7) is 3.11. The number of imide groups is 1. The number of carbonyl (C=O) groups is 3. The number of urea groups is 1. The van der Waals surface area contributed by atoms with Gasteiger partial charge in [0.1, 0.15) is 12.1 Å². The molecule has 0 unspecified atom stereocenters. The average Bonchev–Trinajstić information content (AvgIpc) is 2.82. The summed E-state index contributed by atoms with van der Waals surface area (Å²) in [5.41, 5.74) is 0.904. The van der Waals surface area contributed by atoms with Crippen LogP contribution < -0.4 is 10.6 Å². The monoisotopic (exact) mass is 371 g/mol. The smallest absolute Gasteiger partial charge is 0.324 e. The molecule has 2 aromatic carbocycles. The van der Waals surface area contributed by atoms with Crippen molar-refractivity contribution >= 4 is 35.1 Å². The molecule has 134 valence electrons. The van der Waals surface area contributed by atoms with Crippen molar-refractivity contribution in [2.75, 3.05) is 11.9 Å². The maximum Gasteiger partial charge on any atom is 0.325 e. The number of aryl methyl sites for hydroxylation is 1. The number of anilines is 1. The van der Waals surface area contributed by atoms with E-state index < -0.39 is 23.4 Å². The zero-order valence-corrected chi connectivity index (χ0v) is 15.1. The molecule has 0 bridgehead atoms. The molecule has 4 amide bonds. The summed E-state index contributed by atoms with van der Waals surface area (Å²) in [7, 11) is 0. The zero-order chi connectivity index (χ0) is 18.9. The van der Waals surface area contributed by atoms with E-state index in [0.29, 0.717) is 16.3 Å². The van der Waals surface area contributed by atoms with Gasteiger partial charge in [-0.15, -0.1) is 0 Å². The van der Waals surface area contributed by atoms with Gasteiger partial charge in [0.2, 0.25) is 5.91 Å². The Labute approximate surface area is 156 Å². The molecule has 0 aliphatic carbocycles. The molecule has 1 heterocycles. The first kappa shape index (κ1) is 17.9. The normalized spacial score (nSPS) is 19.4. The fourth-order valence-corrected chi connectivity index (χ4v) is 2.99. The first-order chi connectivity index (χ1) is 12.3. The Balaban J connectivity index is 1.76. The average molecular weight is 372 g/mol. The van der Waals surface area contributed by atoms with E-state index in [9.17, 15) is 14.4 Å². The molecule has 1 atom stereocenters. The Hall–Kier alpha value is -2.86. The summed E-state index contributed by atoms with van der Waals surface area (Å²) in [5, 5.41) is 5.91. The van der Waals surface area contributed by atoms with E-state index in [1.807, 2.05) is 19.1 Å². The van der Waals surface area contributed by atoms with Crippen molar-refractivity contribution in [1.82, 2.24) is 10.2 Å². The largest absolute Gasteiger partial charge is 0.325 e. The molecule has 3 rings (SSSR count). The zero-order valence-electron chi connectivity index (χ0n) is 14.4. The minimum absolute atomic E-state index is 0.359. The molecule has 1 aliphatic rings. The quantitative estimate of drug-likeness (QED) is 0.811. The van der Waals surface area contributed by atoms with E-state index in [4.69, 9.17) is 11.6 Å². The van der Waals surface area contributed by atoms with Gasteiger partial charge in [0.05, 0.1) is 0 Å². The third-order valence-electron chi connectivity index (χ3n) is 4.42. The number of amides is 4. The number of rotatable bonds is 4. The summed E-state index contributed by atoms with van der Waals surface area (Å²) < 4.78 is 0. The summed E-state index contributed by atoms with van der Waals surface area (Å²) in [6, 6.07) is 13.3. The molecule has 26 heavy (non-hydrogen) atoms. The van der Waals surface area contributed by atoms with E-state index in [2.05, 4.69) is 10.6 Å². The van der Waals surface area contributed by atoms with E-state index in [1.165, 1.54) is 0 Å². The van der Waals surface area contributed by atoms with Crippen LogP contribution in [0.4, 0.5) is 10.5 Å². The summed E-state index contributed by atoms with van der Waals surface area (Å²) in [4.78, 5) is 38.3. The molecule has 0 saturated carbocycles. The lowest BCUT2D eigenvalue weighted by Crippen LogP contribution is -2.42. The fourth-order valence-electron chi connectivity index (χ4n) is 2.87. The van der Waals surface area contributed by atoms with Gasteiger partial charge in [0.25, 0.3) is 5.91 Å². The Kier molecular flexibility index (Phi) is 4.70. The number of hydrogen-bond donors (Lipinski definition) is 2. The third kappa shape index (κ3) is 3.28. The maximum absolute atomic E-state index is 12.8. The van der Waals surface area contributed by atoms with Crippen molar-refractivity contribution in [1.29, 1.82) is 0 Å². The van der Waals surface area contributed by atoms with Gasteiger partial charge in [-0.25, -0.2) is 4.79 Å². The second-order valence-corrected chi connectivity index (χ2v) is 6.75. The second kappa shape index (κ2) is 6.80. The molecule has 0 radical (unpaired) electrons. The van der Waals surface area contributed by atoms with Gasteiger partial charge in [-0.2, -0.15) is 0 Å². The van der Waals surface area contributed by atoms with E-state index in [1.54, 1.807) is 43.3 Å². The third-order valence-corrected chi connectivity index (χ3v) is 4.67. The number of benzene rings is 2. The number of nitrogens with one attached hydrogen (secondary N) is 2. The van der Waals surface area contributed by atoms with Crippen molar-refractivity contribution in [3.8, 4) is 0 Å². The van der Waals surface area contributed by atoms with Crippen molar-refractivity contribution < 1.29 is 14.4 Å². The van der Waals surface area contributed by atoms with Crippen LogP contribution in [0.3, 0.4) is 0 Å². The van der Waals surface area contributed by atoms with Crippen LogP contribution in [0.1, 0.15) is 18.1 Å². The van der Waals surface area contributed by atoms with E-state index in [-0.39, 0.29) is 6.54 Å². The Morgan fingerprint density at radius 1 is 1.15 bits per heavy atom. The lowest BCUT2D eigenvalue weighted by atomic mass is 9.92. The predicted octanol–water partition coefficient (Wildman–Crippen LogP) is 3.05. The standard InChI is InChI=1S/C19H18ClN3O3/c1-12-5-3-4-6-15(12)21-16(24)11-23-17(25)19(2,22-18(23)26)13-7-9-14(20)10-8-13/h3-10H,11H2,1-2H3,(H,21,24)(H,22,26)/t19-/m1/s1. The molecule has 1 fully saturated rings. The van der Waals surface area contributed by atoms with Gasteiger partial charge < -0.3 is 10.6 Å². The highest BCUT2D eigenvalue weighted by Crippen LogP contribution is 2.29. The molecule has 1 aliphatic heterocycles. The maximum atomic E-state index is 12.8. The number of nitrogens with zero attached hydrogens (tertiary/aromatic N) is 1. The van der Waals surface area contributed by atoms with Crippen LogP contribution in [-0.4, -0.2) is 29.3 Å². The number of carbonyl (C=O) groups excluding carboxylic acids is 3. The molecule has 2 aromatic rings. The number of halogens is 1. The van der Waals surface area contributed by atoms with Crippen molar-refractivity contribution in [2.24, 2.45) is 0 Å². The van der Waals surface area contributed by atoms with Gasteiger partial charge in [-0.1, -0.05) is 41.9 Å². The molecule has 2 N–H and O–H groups in total. The molecule has 1 saturated heterocycles. The van der Waals surface area contributed by atoms with Crippen LogP contribution in [0.25, 0.3) is 0 Å². The van der Waals surface area contributed by atoms with Crippen LogP contribution in [0, 0.1) is 6.92 Å². The minimum atomic E-state index is -1.23. The molecular formula is C19H18ClN3O3. The highest BCUT2D eigenvalue weighted by molar-refractivity contribution is 6.30. The van der Waals surface area contributed by atoms with E-state index >= 15 is 0 Å². The summed E-state index contributed by atoms with van der Waals surface area (Å²) in [6.07, 6.45) is 0. The van der Waals surface area contributed by atoms with Crippen LogP contribution in [0.5, 0.6) is 0 Å². The molecule has 7 heteroatoms. The van der Waals surface area contributed by atoms with Gasteiger partial charge >= 0.3 is 6.03 Å². The Morgan fingerprint density at radius 3 is 2.46 bits per heavy atom. The topological polar surface area (TPSA) is 78.5 Å². The number of hydrogen-bond acceptors (Lipinski definition) is 3. The summed E-state index contributed by atoms with van der Waals surface area (Å²) in [5.74, 6) is -0.923. The van der Waals surface area contributed by atoms with Crippen LogP contribution in [0.2, 0.25) is 5.02 Å². The van der Waals surface area contributed by atoms with Crippen LogP contribution in [0.15, 0.2) is 48.5 Å². The van der Waals surface area contributed by atoms with Gasteiger partial charge in [-0.3, -0.25) is 14.5 Å². The van der Waals surface area contributed by atoms with Crippen LogP contribution in [-0.2, 0) is 15.1 Å². The van der Waals surface area contributed by atoms with E-state index in [0.717, 1.165) is 10.5 Å². The Morgan fingerprint density at radius 2 is 1.81 bits per heavy atom. The van der Waals surface area contributed by atoms with Gasteiger partial charge in [0.15, 0.2) is 0 Å². The second-order valence-electron chi connectivity index (χ2n) is 6.32. The van der Waals surface area contributed by atoms with Crippen molar-refractivity contribution in [3.63, 3.8) is 0 Å². The van der Waals surface area contributed by atoms with Gasteiger partial charge in [0, 0.05) is 10.7 Å². The molecule has 6 nitrogen and oxygen atoms in total. The predicted molar refractivity (Wildman–Crippen MR) is 98.9 cm³/mol. The van der Waals surface area contributed by atoms with Crippen LogP contribution >= 0.6 is 11.6 Å². The first-order valence-corrected chi connectivity index (χ1v) is 8.45. The van der Waals surface area contributed by atoms with Gasteiger partial charge in [-0.05, 0) is 43.2 Å². The molecule has 0 spiro atoms. The highest BCUT2D eigenvalue weighted by atomic mass is 35.5.